The van der Waals surface area contributed by atoms with Crippen molar-refractivity contribution >= 4 is 16.0 Å². The monoisotopic (exact) mass is 362 g/mol. The largest absolute Gasteiger partial charge is 0.462 e. The molecule has 0 spiro atoms. The molecule has 0 aliphatic carbocycles. The number of benzene rings is 1. The number of hydrogen-bond donors (Lipinski definition) is 0. The van der Waals surface area contributed by atoms with Gasteiger partial charge in [0.15, 0.2) is 0 Å². The molecule has 2 rings (SSSR count). The van der Waals surface area contributed by atoms with E-state index in [2.05, 4.69) is 4.98 Å². The van der Waals surface area contributed by atoms with Crippen LogP contribution in [0.25, 0.3) is 0 Å². The Hall–Kier alpha value is -2.25. The van der Waals surface area contributed by atoms with E-state index in [9.17, 15) is 13.2 Å². The number of carbonyl (C=O) groups excluding carboxylic acids is 1. The number of aromatic nitrogens is 1. The maximum Gasteiger partial charge on any atom is 0.338 e. The normalized spacial score (nSPS) is 11.7. The summed E-state index contributed by atoms with van der Waals surface area (Å²) in [7, 11) is -3.77. The van der Waals surface area contributed by atoms with E-state index in [1.165, 1.54) is 22.5 Å². The summed E-state index contributed by atoms with van der Waals surface area (Å²) in [4.78, 5) is 16.0. The molecule has 0 radical (unpaired) electrons. The minimum atomic E-state index is -3.77. The van der Waals surface area contributed by atoms with Gasteiger partial charge in [-0.3, -0.25) is 4.98 Å². The van der Waals surface area contributed by atoms with Crippen molar-refractivity contribution in [1.29, 1.82) is 0 Å². The predicted molar refractivity (Wildman–Crippen MR) is 94.5 cm³/mol. The molecule has 0 amide bonds. The molecule has 6 nitrogen and oxygen atoms in total. The molecule has 0 fully saturated rings. The van der Waals surface area contributed by atoms with Crippen molar-refractivity contribution in [3.63, 3.8) is 0 Å². The molecule has 0 N–H and O–H groups in total. The fourth-order valence-corrected chi connectivity index (χ4v) is 4.02. The van der Waals surface area contributed by atoms with Gasteiger partial charge in [0.1, 0.15) is 0 Å². The van der Waals surface area contributed by atoms with Crippen molar-refractivity contribution in [3.05, 3.63) is 59.9 Å². The molecule has 25 heavy (non-hydrogen) atoms. The van der Waals surface area contributed by atoms with Gasteiger partial charge in [0.05, 0.1) is 17.1 Å². The molecule has 0 bridgehead atoms. The van der Waals surface area contributed by atoms with E-state index >= 15 is 0 Å². The number of esters is 1. The van der Waals surface area contributed by atoms with E-state index in [-0.39, 0.29) is 29.7 Å². The molecule has 134 valence electrons. The van der Waals surface area contributed by atoms with Gasteiger partial charge >= 0.3 is 5.97 Å². The zero-order valence-corrected chi connectivity index (χ0v) is 15.4. The zero-order valence-electron chi connectivity index (χ0n) is 14.5. The first-order valence-corrected chi connectivity index (χ1v) is 9.48. The number of nitrogens with zero attached hydrogens (tertiary/aromatic N) is 2. The van der Waals surface area contributed by atoms with Crippen LogP contribution in [-0.4, -0.2) is 36.3 Å². The second-order valence-corrected chi connectivity index (χ2v) is 7.64. The van der Waals surface area contributed by atoms with E-state index in [1.807, 2.05) is 19.9 Å². The molecular formula is C18H22N2O4S. The van der Waals surface area contributed by atoms with Gasteiger partial charge in [0.2, 0.25) is 10.0 Å². The second kappa shape index (κ2) is 8.22. The van der Waals surface area contributed by atoms with E-state index in [0.29, 0.717) is 0 Å². The minimum Gasteiger partial charge on any atom is -0.462 e. The third-order valence-corrected chi connectivity index (χ3v) is 5.61. The number of sulfonamides is 1. The smallest absolute Gasteiger partial charge is 0.338 e. The highest BCUT2D eigenvalue weighted by molar-refractivity contribution is 7.89. The summed E-state index contributed by atoms with van der Waals surface area (Å²) in [6, 6.07) is 9.26. The Bertz CT molecular complexity index is 820. The van der Waals surface area contributed by atoms with Crippen LogP contribution in [0.3, 0.4) is 0 Å². The van der Waals surface area contributed by atoms with Crippen LogP contribution in [0.4, 0.5) is 0 Å². The highest BCUT2D eigenvalue weighted by Gasteiger charge is 2.28. The summed E-state index contributed by atoms with van der Waals surface area (Å²) < 4.78 is 32.5. The third kappa shape index (κ3) is 4.64. The second-order valence-electron chi connectivity index (χ2n) is 5.75. The fourth-order valence-electron chi connectivity index (χ4n) is 2.35. The van der Waals surface area contributed by atoms with Crippen LogP contribution >= 0.6 is 0 Å². The lowest BCUT2D eigenvalue weighted by Gasteiger charge is -2.26. The lowest BCUT2D eigenvalue weighted by Crippen LogP contribution is -2.36. The quantitative estimate of drug-likeness (QED) is 0.708. The first-order chi connectivity index (χ1) is 11.9. The molecule has 0 atom stereocenters. The summed E-state index contributed by atoms with van der Waals surface area (Å²) in [6.07, 6.45) is 3.28. The Morgan fingerprint density at radius 2 is 2.00 bits per heavy atom. The molecule has 0 saturated heterocycles. The Kier molecular flexibility index (Phi) is 6.27. The van der Waals surface area contributed by atoms with Crippen molar-refractivity contribution in [2.45, 2.75) is 38.3 Å². The number of pyridine rings is 1. The van der Waals surface area contributed by atoms with Gasteiger partial charge < -0.3 is 4.74 Å². The van der Waals surface area contributed by atoms with Gasteiger partial charge in [0.25, 0.3) is 0 Å². The summed E-state index contributed by atoms with van der Waals surface area (Å²) >= 11 is 0. The molecule has 0 aliphatic heterocycles. The highest BCUT2D eigenvalue weighted by atomic mass is 32.2. The number of rotatable bonds is 7. The van der Waals surface area contributed by atoms with Crippen molar-refractivity contribution in [2.24, 2.45) is 0 Å². The summed E-state index contributed by atoms with van der Waals surface area (Å²) in [6.45, 7) is 5.76. The van der Waals surface area contributed by atoms with Crippen molar-refractivity contribution in [2.75, 3.05) is 6.61 Å². The topological polar surface area (TPSA) is 76.6 Å². The Morgan fingerprint density at radius 1 is 1.24 bits per heavy atom. The molecular weight excluding hydrogens is 340 g/mol. The lowest BCUT2D eigenvalue weighted by atomic mass is 10.2. The Labute approximate surface area is 148 Å². The van der Waals surface area contributed by atoms with Crippen LogP contribution in [0, 0.1) is 0 Å². The molecule has 0 saturated carbocycles. The van der Waals surface area contributed by atoms with Crippen LogP contribution < -0.4 is 0 Å². The molecule has 0 aliphatic rings. The molecule has 0 unspecified atom stereocenters. The van der Waals surface area contributed by atoms with Crippen molar-refractivity contribution in [1.82, 2.24) is 9.29 Å². The van der Waals surface area contributed by atoms with Crippen LogP contribution in [0.1, 0.15) is 36.7 Å². The zero-order chi connectivity index (χ0) is 18.4. The molecule has 7 heteroatoms. The van der Waals surface area contributed by atoms with E-state index in [4.69, 9.17) is 4.74 Å². The summed E-state index contributed by atoms with van der Waals surface area (Å²) in [5.74, 6) is -0.539. The van der Waals surface area contributed by atoms with E-state index in [0.717, 1.165) is 5.56 Å². The van der Waals surface area contributed by atoms with Crippen molar-refractivity contribution < 1.29 is 17.9 Å². The minimum absolute atomic E-state index is 0.0654. The van der Waals surface area contributed by atoms with Gasteiger partial charge in [-0.25, -0.2) is 13.2 Å². The summed E-state index contributed by atoms with van der Waals surface area (Å²) in [5, 5.41) is 0. The molecule has 2 aromatic rings. The van der Waals surface area contributed by atoms with Crippen LogP contribution in [0.2, 0.25) is 0 Å². The Morgan fingerprint density at radius 3 is 2.60 bits per heavy atom. The number of carbonyl (C=O) groups is 1. The SMILES string of the molecule is CCOC(=O)c1cccc(S(=O)(=O)N(Cc2cccnc2)C(C)C)c1. The number of hydrogen-bond acceptors (Lipinski definition) is 5. The average Bonchev–Trinajstić information content (AvgIpc) is 2.60. The number of ether oxygens (including phenoxy) is 1. The fraction of sp³-hybridized carbons (Fsp3) is 0.333. The van der Waals surface area contributed by atoms with Gasteiger partial charge in [-0.15, -0.1) is 0 Å². The lowest BCUT2D eigenvalue weighted by molar-refractivity contribution is 0.0526. The van der Waals surface area contributed by atoms with Gasteiger partial charge in [-0.05, 0) is 50.6 Å². The Balaban J connectivity index is 2.37. The highest BCUT2D eigenvalue weighted by Crippen LogP contribution is 2.22. The molecule has 1 aromatic heterocycles. The average molecular weight is 362 g/mol. The maximum absolute atomic E-state index is 13.1. The third-order valence-electron chi connectivity index (χ3n) is 3.59. The molecule has 1 aromatic carbocycles. The van der Waals surface area contributed by atoms with Gasteiger partial charge in [-0.1, -0.05) is 12.1 Å². The summed E-state index contributed by atoms with van der Waals surface area (Å²) in [5.41, 5.74) is 1.01. The van der Waals surface area contributed by atoms with Crippen LogP contribution in [0.5, 0.6) is 0 Å². The van der Waals surface area contributed by atoms with Gasteiger partial charge in [-0.2, -0.15) is 4.31 Å². The standard InChI is InChI=1S/C18H22N2O4S/c1-4-24-18(21)16-8-5-9-17(11-16)25(22,23)20(14(2)3)13-15-7-6-10-19-12-15/h5-12,14H,4,13H2,1-3H3. The first-order valence-electron chi connectivity index (χ1n) is 8.04. The predicted octanol–water partition coefficient (Wildman–Crippen LogP) is 2.86. The van der Waals surface area contributed by atoms with Crippen LogP contribution in [-0.2, 0) is 21.3 Å². The van der Waals surface area contributed by atoms with Gasteiger partial charge in [0, 0.05) is 25.0 Å². The van der Waals surface area contributed by atoms with Crippen molar-refractivity contribution in [3.8, 4) is 0 Å². The van der Waals surface area contributed by atoms with E-state index < -0.39 is 16.0 Å². The van der Waals surface area contributed by atoms with Crippen LogP contribution in [0.15, 0.2) is 53.7 Å². The first kappa shape index (κ1) is 19.1. The van der Waals surface area contributed by atoms with E-state index in [1.54, 1.807) is 31.5 Å². The molecule has 1 heterocycles. The maximum atomic E-state index is 13.1.